The van der Waals surface area contributed by atoms with Crippen molar-refractivity contribution in [3.05, 3.63) is 21.6 Å². The average molecular weight is 297 g/mol. The van der Waals surface area contributed by atoms with Gasteiger partial charge in [-0.05, 0) is 0 Å². The van der Waals surface area contributed by atoms with Crippen LogP contribution < -0.4 is 15.8 Å². The van der Waals surface area contributed by atoms with Gasteiger partial charge in [0, 0.05) is 20.1 Å². The first-order chi connectivity index (χ1) is 8.79. The van der Waals surface area contributed by atoms with Gasteiger partial charge in [0.15, 0.2) is 0 Å². The Morgan fingerprint density at radius 2 is 2.21 bits per heavy atom. The van der Waals surface area contributed by atoms with Crippen LogP contribution in [-0.4, -0.2) is 42.1 Å². The Morgan fingerprint density at radius 1 is 1.58 bits per heavy atom. The van der Waals surface area contributed by atoms with Gasteiger partial charge in [0.1, 0.15) is 11.6 Å². The van der Waals surface area contributed by atoms with Crippen molar-refractivity contribution in [2.24, 2.45) is 0 Å². The van der Waals surface area contributed by atoms with Crippen LogP contribution in [0.3, 0.4) is 0 Å². The van der Waals surface area contributed by atoms with Crippen LogP contribution in [0, 0.1) is 0 Å². The van der Waals surface area contributed by atoms with E-state index in [-0.39, 0.29) is 11.1 Å². The van der Waals surface area contributed by atoms with Crippen LogP contribution in [0.5, 0.6) is 0 Å². The first-order valence-corrected chi connectivity index (χ1v) is 5.93. The summed E-state index contributed by atoms with van der Waals surface area (Å²) < 4.78 is 37.0. The predicted octanol–water partition coefficient (Wildman–Crippen LogP) is 0.867. The second kappa shape index (κ2) is 5.01. The van der Waals surface area contributed by atoms with Gasteiger partial charge in [-0.2, -0.15) is 18.3 Å². The lowest BCUT2D eigenvalue weighted by Gasteiger charge is -2.37. The summed E-state index contributed by atoms with van der Waals surface area (Å²) >= 11 is 5.84. The van der Waals surface area contributed by atoms with Gasteiger partial charge in [-0.3, -0.25) is 4.79 Å². The summed E-state index contributed by atoms with van der Waals surface area (Å²) in [7, 11) is 1.72. The van der Waals surface area contributed by atoms with Crippen molar-refractivity contribution in [1.29, 1.82) is 0 Å². The second-order valence-corrected chi connectivity index (χ2v) is 4.72. The van der Waals surface area contributed by atoms with Gasteiger partial charge in [0.05, 0.1) is 17.9 Å². The molecule has 1 saturated heterocycles. The van der Waals surface area contributed by atoms with Gasteiger partial charge in [0.25, 0.3) is 5.56 Å². The minimum absolute atomic E-state index is 0.164. The zero-order valence-electron chi connectivity index (χ0n) is 10.0. The molecule has 5 nitrogen and oxygen atoms in total. The van der Waals surface area contributed by atoms with E-state index in [0.29, 0.717) is 10.4 Å². The molecule has 1 aliphatic rings. The van der Waals surface area contributed by atoms with Gasteiger partial charge in [0.2, 0.25) is 0 Å². The molecule has 0 unspecified atom stereocenters. The first-order valence-electron chi connectivity index (χ1n) is 5.55. The Morgan fingerprint density at radius 3 is 2.68 bits per heavy atom. The number of hydrogen-bond donors (Lipinski definition) is 1. The van der Waals surface area contributed by atoms with Crippen molar-refractivity contribution in [2.75, 3.05) is 25.0 Å². The summed E-state index contributed by atoms with van der Waals surface area (Å²) in [5.41, 5.74) is -0.591. The molecule has 0 radical (unpaired) electrons. The summed E-state index contributed by atoms with van der Waals surface area (Å²) in [4.78, 5) is 13.5. The van der Waals surface area contributed by atoms with E-state index in [0.717, 1.165) is 13.1 Å². The quantitative estimate of drug-likeness (QED) is 0.899. The number of likely N-dealkylation sites (N-methyl/N-ethyl adjacent to an activating group) is 1. The van der Waals surface area contributed by atoms with Crippen molar-refractivity contribution in [2.45, 2.75) is 18.8 Å². The number of alkyl halides is 3. The van der Waals surface area contributed by atoms with E-state index in [2.05, 4.69) is 10.4 Å². The topological polar surface area (TPSA) is 50.2 Å². The number of hydrogen-bond acceptors (Lipinski definition) is 4. The third-order valence-corrected chi connectivity index (χ3v) is 3.34. The van der Waals surface area contributed by atoms with E-state index in [1.54, 1.807) is 11.9 Å². The molecular formula is C10H12ClF3N4O. The van der Waals surface area contributed by atoms with Gasteiger partial charge in [-0.15, -0.1) is 0 Å². The molecule has 1 aromatic rings. The smallest absolute Gasteiger partial charge is 0.366 e. The maximum atomic E-state index is 12.2. The highest BCUT2D eigenvalue weighted by Crippen LogP contribution is 2.23. The van der Waals surface area contributed by atoms with Crippen LogP contribution in [0.15, 0.2) is 11.0 Å². The predicted molar refractivity (Wildman–Crippen MR) is 64.6 cm³/mol. The normalized spacial score (nSPS) is 16.3. The van der Waals surface area contributed by atoms with Gasteiger partial charge in [-0.25, -0.2) is 4.68 Å². The van der Waals surface area contributed by atoms with Crippen LogP contribution in [0.25, 0.3) is 0 Å². The van der Waals surface area contributed by atoms with Crippen LogP contribution in [0.4, 0.5) is 18.9 Å². The summed E-state index contributed by atoms with van der Waals surface area (Å²) in [6, 6.07) is 0.164. The van der Waals surface area contributed by atoms with Crippen LogP contribution in [-0.2, 0) is 6.54 Å². The van der Waals surface area contributed by atoms with E-state index in [1.807, 2.05) is 0 Å². The lowest BCUT2D eigenvalue weighted by molar-refractivity contribution is -0.143. The SMILES string of the molecule is CN(c1cnn(CC(F)(F)F)c(=O)c1Cl)C1CNC1. The molecule has 1 aliphatic heterocycles. The Balaban J connectivity index is 2.29. The van der Waals surface area contributed by atoms with Crippen LogP contribution >= 0.6 is 11.6 Å². The van der Waals surface area contributed by atoms with E-state index >= 15 is 0 Å². The van der Waals surface area contributed by atoms with Crippen molar-refractivity contribution in [3.8, 4) is 0 Å². The van der Waals surface area contributed by atoms with Crippen molar-refractivity contribution in [1.82, 2.24) is 15.1 Å². The maximum Gasteiger partial charge on any atom is 0.408 e. The molecule has 0 aromatic carbocycles. The average Bonchev–Trinajstić information content (AvgIpc) is 2.20. The fourth-order valence-corrected chi connectivity index (χ4v) is 2.01. The molecule has 2 rings (SSSR count). The molecule has 106 valence electrons. The summed E-state index contributed by atoms with van der Waals surface area (Å²) in [6.45, 7) is 0.0253. The van der Waals surface area contributed by atoms with Gasteiger partial charge >= 0.3 is 6.18 Å². The lowest BCUT2D eigenvalue weighted by atomic mass is 10.1. The third kappa shape index (κ3) is 3.01. The zero-order valence-corrected chi connectivity index (χ0v) is 10.8. The number of aromatic nitrogens is 2. The molecule has 1 aromatic heterocycles. The molecule has 2 heterocycles. The van der Waals surface area contributed by atoms with Crippen LogP contribution in [0.2, 0.25) is 5.02 Å². The first kappa shape index (κ1) is 14.1. The Labute approximate surface area is 112 Å². The minimum atomic E-state index is -4.51. The molecule has 0 amide bonds. The molecule has 1 fully saturated rings. The van der Waals surface area contributed by atoms with E-state index in [4.69, 9.17) is 11.6 Å². The lowest BCUT2D eigenvalue weighted by Crippen LogP contribution is -2.56. The highest BCUT2D eigenvalue weighted by atomic mass is 35.5. The fraction of sp³-hybridized carbons (Fsp3) is 0.600. The van der Waals surface area contributed by atoms with E-state index in [1.165, 1.54) is 6.20 Å². The summed E-state index contributed by atoms with van der Waals surface area (Å²) in [5.74, 6) is 0. The number of nitrogens with one attached hydrogen (secondary N) is 1. The number of anilines is 1. The van der Waals surface area contributed by atoms with Crippen LogP contribution in [0.1, 0.15) is 0 Å². The molecule has 0 spiro atoms. The van der Waals surface area contributed by atoms with E-state index in [9.17, 15) is 18.0 Å². The molecule has 0 aliphatic carbocycles. The molecule has 19 heavy (non-hydrogen) atoms. The van der Waals surface area contributed by atoms with Crippen molar-refractivity contribution >= 4 is 17.3 Å². The van der Waals surface area contributed by atoms with Crippen molar-refractivity contribution < 1.29 is 13.2 Å². The largest absolute Gasteiger partial charge is 0.408 e. The highest BCUT2D eigenvalue weighted by molar-refractivity contribution is 6.33. The molecular weight excluding hydrogens is 285 g/mol. The Hall–Kier alpha value is -1.28. The number of nitrogens with zero attached hydrogens (tertiary/aromatic N) is 3. The molecule has 0 saturated carbocycles. The monoisotopic (exact) mass is 296 g/mol. The molecule has 1 N–H and O–H groups in total. The Kier molecular flexibility index (Phi) is 3.73. The van der Waals surface area contributed by atoms with Gasteiger partial charge < -0.3 is 10.2 Å². The number of rotatable bonds is 3. The third-order valence-electron chi connectivity index (χ3n) is 2.98. The standard InChI is InChI=1S/C10H12ClF3N4O/c1-17(6-2-15-3-6)7-4-16-18(5-10(12,13)14)9(19)8(7)11/h4,6,15H,2-3,5H2,1H3. The second-order valence-electron chi connectivity index (χ2n) is 4.34. The molecule has 9 heteroatoms. The van der Waals surface area contributed by atoms with E-state index < -0.39 is 18.3 Å². The maximum absolute atomic E-state index is 12.2. The fourth-order valence-electron chi connectivity index (χ4n) is 1.73. The molecule has 0 bridgehead atoms. The number of halogens is 4. The summed E-state index contributed by atoms with van der Waals surface area (Å²) in [6.07, 6.45) is -3.32. The van der Waals surface area contributed by atoms with Crippen molar-refractivity contribution in [3.63, 3.8) is 0 Å². The Bertz CT molecular complexity index is 526. The zero-order chi connectivity index (χ0) is 14.2. The minimum Gasteiger partial charge on any atom is -0.366 e. The van der Waals surface area contributed by atoms with Gasteiger partial charge in [-0.1, -0.05) is 11.6 Å². The highest BCUT2D eigenvalue weighted by Gasteiger charge is 2.30. The summed E-state index contributed by atoms with van der Waals surface area (Å²) in [5, 5.41) is 6.33. The molecule has 0 atom stereocenters.